The van der Waals surface area contributed by atoms with Crippen molar-refractivity contribution in [1.29, 1.82) is 0 Å². The van der Waals surface area contributed by atoms with Crippen molar-refractivity contribution in [3.63, 3.8) is 0 Å². The van der Waals surface area contributed by atoms with E-state index in [4.69, 9.17) is 28.3 Å². The average Bonchev–Trinajstić information content (AvgIpc) is 2.88. The second kappa shape index (κ2) is 6.67. The predicted octanol–water partition coefficient (Wildman–Crippen LogP) is 3.67. The quantitative estimate of drug-likeness (QED) is 0.885. The van der Waals surface area contributed by atoms with Crippen LogP contribution in [0.5, 0.6) is 0 Å². The minimum Gasteiger partial charge on any atom is -0.481 e. The second-order valence-corrected chi connectivity index (χ2v) is 6.28. The zero-order valence-corrected chi connectivity index (χ0v) is 13.1. The average molecular weight is 330 g/mol. The number of hydrogen-bond donors (Lipinski definition) is 2. The molecule has 0 spiro atoms. The highest BCUT2D eigenvalue weighted by molar-refractivity contribution is 6.35. The van der Waals surface area contributed by atoms with E-state index in [0.717, 1.165) is 5.56 Å². The van der Waals surface area contributed by atoms with E-state index in [-0.39, 0.29) is 17.9 Å². The van der Waals surface area contributed by atoms with E-state index in [1.807, 2.05) is 6.92 Å². The Kier molecular flexibility index (Phi) is 5.12. The largest absolute Gasteiger partial charge is 0.481 e. The molecule has 1 aromatic rings. The third kappa shape index (κ3) is 3.89. The van der Waals surface area contributed by atoms with Crippen LogP contribution >= 0.6 is 23.2 Å². The molecule has 114 valence electrons. The number of halogens is 2. The molecule has 1 saturated carbocycles. The molecule has 3 atom stereocenters. The van der Waals surface area contributed by atoms with E-state index in [2.05, 4.69) is 5.32 Å². The van der Waals surface area contributed by atoms with Gasteiger partial charge in [0.15, 0.2) is 0 Å². The molecule has 1 aliphatic rings. The Bertz CT molecular complexity index is 562. The van der Waals surface area contributed by atoms with Crippen molar-refractivity contribution in [2.24, 2.45) is 11.8 Å². The van der Waals surface area contributed by atoms with Gasteiger partial charge in [0.2, 0.25) is 5.91 Å². The van der Waals surface area contributed by atoms with Crippen LogP contribution in [0, 0.1) is 11.8 Å². The summed E-state index contributed by atoms with van der Waals surface area (Å²) in [6, 6.07) is 4.90. The number of hydrogen-bond acceptors (Lipinski definition) is 2. The molecule has 2 N–H and O–H groups in total. The van der Waals surface area contributed by atoms with E-state index < -0.39 is 11.9 Å². The Balaban J connectivity index is 1.98. The molecule has 0 aromatic heterocycles. The van der Waals surface area contributed by atoms with Crippen molar-refractivity contribution in [2.75, 3.05) is 0 Å². The van der Waals surface area contributed by atoms with Crippen LogP contribution in [0.2, 0.25) is 10.0 Å². The van der Waals surface area contributed by atoms with E-state index in [9.17, 15) is 9.59 Å². The summed E-state index contributed by atoms with van der Waals surface area (Å²) in [5, 5.41) is 12.9. The SMILES string of the molecule is C[C@H](NC(=O)[C@@H]1CC[C@H](C(=O)O)C1)c1ccc(Cl)cc1Cl. The molecule has 2 rings (SSSR count). The van der Waals surface area contributed by atoms with Crippen LogP contribution in [0.4, 0.5) is 0 Å². The second-order valence-electron chi connectivity index (χ2n) is 5.44. The number of benzene rings is 1. The van der Waals surface area contributed by atoms with E-state index in [1.54, 1.807) is 18.2 Å². The van der Waals surface area contributed by atoms with Gasteiger partial charge in [0.05, 0.1) is 12.0 Å². The summed E-state index contributed by atoms with van der Waals surface area (Å²) in [5.74, 6) is -1.58. The van der Waals surface area contributed by atoms with Crippen LogP contribution in [0.25, 0.3) is 0 Å². The first-order chi connectivity index (χ1) is 9.88. The number of carboxylic acids is 1. The Morgan fingerprint density at radius 3 is 2.52 bits per heavy atom. The number of carbonyl (C=O) groups excluding carboxylic acids is 1. The summed E-state index contributed by atoms with van der Waals surface area (Å²) in [7, 11) is 0. The normalized spacial score (nSPS) is 22.8. The smallest absolute Gasteiger partial charge is 0.306 e. The first kappa shape index (κ1) is 16.1. The highest BCUT2D eigenvalue weighted by Gasteiger charge is 2.34. The van der Waals surface area contributed by atoms with Gasteiger partial charge in [-0.2, -0.15) is 0 Å². The molecule has 0 heterocycles. The summed E-state index contributed by atoms with van der Waals surface area (Å²) in [4.78, 5) is 23.1. The number of nitrogens with one attached hydrogen (secondary N) is 1. The van der Waals surface area contributed by atoms with Crippen LogP contribution in [-0.4, -0.2) is 17.0 Å². The molecule has 0 unspecified atom stereocenters. The highest BCUT2D eigenvalue weighted by atomic mass is 35.5. The van der Waals surface area contributed by atoms with Crippen LogP contribution in [0.3, 0.4) is 0 Å². The van der Waals surface area contributed by atoms with Crippen molar-refractivity contribution in [1.82, 2.24) is 5.32 Å². The molecular formula is C15H17Cl2NO3. The first-order valence-electron chi connectivity index (χ1n) is 6.86. The molecule has 4 nitrogen and oxygen atoms in total. The van der Waals surface area contributed by atoms with Gasteiger partial charge in [-0.15, -0.1) is 0 Å². The van der Waals surface area contributed by atoms with Crippen molar-refractivity contribution in [2.45, 2.75) is 32.2 Å². The summed E-state index contributed by atoms with van der Waals surface area (Å²) in [6.07, 6.45) is 1.58. The molecular weight excluding hydrogens is 313 g/mol. The highest BCUT2D eigenvalue weighted by Crippen LogP contribution is 2.32. The topological polar surface area (TPSA) is 66.4 Å². The van der Waals surface area contributed by atoms with Crippen LogP contribution in [0.1, 0.15) is 37.8 Å². The van der Waals surface area contributed by atoms with Crippen molar-refractivity contribution in [3.05, 3.63) is 33.8 Å². The molecule has 1 aromatic carbocycles. The minimum absolute atomic E-state index is 0.114. The predicted molar refractivity (Wildman–Crippen MR) is 81.5 cm³/mol. The number of amides is 1. The number of rotatable bonds is 4. The molecule has 21 heavy (non-hydrogen) atoms. The molecule has 0 bridgehead atoms. The monoisotopic (exact) mass is 329 g/mol. The van der Waals surface area contributed by atoms with Crippen molar-refractivity contribution in [3.8, 4) is 0 Å². The number of carboxylic acid groups (broad SMARTS) is 1. The third-order valence-electron chi connectivity index (χ3n) is 3.94. The summed E-state index contributed by atoms with van der Waals surface area (Å²) < 4.78 is 0. The Morgan fingerprint density at radius 2 is 1.95 bits per heavy atom. The van der Waals surface area contributed by atoms with Gasteiger partial charge in [-0.05, 0) is 43.9 Å². The van der Waals surface area contributed by atoms with Crippen LogP contribution < -0.4 is 5.32 Å². The van der Waals surface area contributed by atoms with Gasteiger partial charge in [0.1, 0.15) is 0 Å². The maximum absolute atomic E-state index is 12.2. The standard InChI is InChI=1S/C15H17Cl2NO3/c1-8(12-5-4-11(16)7-13(12)17)18-14(19)9-2-3-10(6-9)15(20)21/h4-5,7-10H,2-3,6H2,1H3,(H,18,19)(H,20,21)/t8-,9+,10-/m0/s1. The maximum atomic E-state index is 12.2. The molecule has 0 radical (unpaired) electrons. The molecule has 1 fully saturated rings. The Labute approximate surface area is 133 Å². The lowest BCUT2D eigenvalue weighted by atomic mass is 10.0. The molecule has 1 aliphatic carbocycles. The fourth-order valence-electron chi connectivity index (χ4n) is 2.71. The van der Waals surface area contributed by atoms with Crippen molar-refractivity contribution >= 4 is 35.1 Å². The van der Waals surface area contributed by atoms with Crippen molar-refractivity contribution < 1.29 is 14.7 Å². The summed E-state index contributed by atoms with van der Waals surface area (Å²) in [5.41, 5.74) is 0.794. The number of carbonyl (C=O) groups is 2. The van der Waals surface area contributed by atoms with Gasteiger partial charge >= 0.3 is 5.97 Å². The lowest BCUT2D eigenvalue weighted by molar-refractivity contribution is -0.141. The van der Waals surface area contributed by atoms with E-state index in [1.165, 1.54) is 0 Å². The first-order valence-corrected chi connectivity index (χ1v) is 7.62. The van der Waals surface area contributed by atoms with E-state index in [0.29, 0.717) is 29.3 Å². The van der Waals surface area contributed by atoms with Gasteiger partial charge in [0, 0.05) is 16.0 Å². The lowest BCUT2D eigenvalue weighted by Crippen LogP contribution is -2.32. The van der Waals surface area contributed by atoms with Gasteiger partial charge in [-0.3, -0.25) is 9.59 Å². The minimum atomic E-state index is -0.820. The summed E-state index contributed by atoms with van der Waals surface area (Å²) in [6.45, 7) is 1.84. The molecule has 0 saturated heterocycles. The fourth-order valence-corrected chi connectivity index (χ4v) is 3.28. The van der Waals surface area contributed by atoms with Gasteiger partial charge in [-0.1, -0.05) is 29.3 Å². The number of aliphatic carboxylic acids is 1. The zero-order chi connectivity index (χ0) is 15.6. The Hall–Kier alpha value is -1.26. The van der Waals surface area contributed by atoms with Crippen LogP contribution in [-0.2, 0) is 9.59 Å². The zero-order valence-electron chi connectivity index (χ0n) is 11.6. The van der Waals surface area contributed by atoms with Gasteiger partial charge in [-0.25, -0.2) is 0 Å². The molecule has 0 aliphatic heterocycles. The third-order valence-corrected chi connectivity index (χ3v) is 4.50. The van der Waals surface area contributed by atoms with Gasteiger partial charge < -0.3 is 10.4 Å². The fraction of sp³-hybridized carbons (Fsp3) is 0.467. The molecule has 6 heteroatoms. The maximum Gasteiger partial charge on any atom is 0.306 e. The van der Waals surface area contributed by atoms with Crippen LogP contribution in [0.15, 0.2) is 18.2 Å². The van der Waals surface area contributed by atoms with Gasteiger partial charge in [0.25, 0.3) is 0 Å². The molecule has 1 amide bonds. The summed E-state index contributed by atoms with van der Waals surface area (Å²) >= 11 is 12.0. The lowest BCUT2D eigenvalue weighted by Gasteiger charge is -2.18. The Morgan fingerprint density at radius 1 is 1.29 bits per heavy atom. The van der Waals surface area contributed by atoms with E-state index >= 15 is 0 Å².